The van der Waals surface area contributed by atoms with Crippen LogP contribution in [0.2, 0.25) is 0 Å². The third kappa shape index (κ3) is 4.39. The summed E-state index contributed by atoms with van der Waals surface area (Å²) in [5, 5.41) is 1.15. The Hall–Kier alpha value is -1.02. The van der Waals surface area contributed by atoms with Gasteiger partial charge in [-0.15, -0.1) is 11.3 Å². The second kappa shape index (κ2) is 5.54. The largest absolute Gasteiger partial charge is 0.726 e. The molecule has 0 N–H and O–H groups in total. The summed E-state index contributed by atoms with van der Waals surface area (Å²) in [6, 6.07) is 6.30. The second-order valence-electron chi connectivity index (χ2n) is 3.23. The van der Waals surface area contributed by atoms with Crippen molar-refractivity contribution in [3.05, 3.63) is 28.8 Å². The van der Waals surface area contributed by atoms with E-state index in [4.69, 9.17) is 0 Å². The van der Waals surface area contributed by atoms with Crippen molar-refractivity contribution in [2.45, 2.75) is 13.8 Å². The third-order valence-corrected chi connectivity index (χ3v) is 3.28. The molecule has 1 heterocycles. The lowest BCUT2D eigenvalue weighted by molar-refractivity contribution is 0.314. The Morgan fingerprint density at radius 3 is 2.41 bits per heavy atom. The number of hydrogen-bond acceptors (Lipinski definition) is 6. The van der Waals surface area contributed by atoms with Gasteiger partial charge in [-0.1, -0.05) is 12.1 Å². The van der Waals surface area contributed by atoms with Crippen molar-refractivity contribution in [2.24, 2.45) is 0 Å². The van der Waals surface area contributed by atoms with Crippen LogP contribution in [-0.4, -0.2) is 25.1 Å². The molecule has 0 aliphatic heterocycles. The van der Waals surface area contributed by atoms with Crippen LogP contribution in [0.3, 0.4) is 0 Å². The van der Waals surface area contributed by atoms with Gasteiger partial charge in [0.1, 0.15) is 0 Å². The molecule has 0 atom stereocenters. The number of aryl methyl sites for hydroxylation is 2. The average Bonchev–Trinajstić information content (AvgIpc) is 2.60. The van der Waals surface area contributed by atoms with Gasteiger partial charge in [-0.25, -0.2) is 13.4 Å². The third-order valence-electron chi connectivity index (χ3n) is 1.93. The summed E-state index contributed by atoms with van der Waals surface area (Å²) < 4.78 is 32.3. The van der Waals surface area contributed by atoms with Gasteiger partial charge in [-0.2, -0.15) is 0 Å². The zero-order valence-electron chi connectivity index (χ0n) is 9.63. The summed E-state index contributed by atoms with van der Waals surface area (Å²) in [6.07, 6.45) is 0. The quantitative estimate of drug-likeness (QED) is 0.587. The van der Waals surface area contributed by atoms with Crippen LogP contribution in [0.1, 0.15) is 10.6 Å². The van der Waals surface area contributed by atoms with Crippen molar-refractivity contribution < 1.29 is 17.2 Å². The lowest BCUT2D eigenvalue weighted by Gasteiger charge is -1.98. The highest BCUT2D eigenvalue weighted by molar-refractivity contribution is 7.80. The molecule has 0 amide bonds. The molecule has 0 radical (unpaired) electrons. The van der Waals surface area contributed by atoms with Crippen LogP contribution >= 0.6 is 11.3 Å². The molecular weight excluding hydrogens is 262 g/mol. The van der Waals surface area contributed by atoms with Gasteiger partial charge in [0.2, 0.25) is 10.4 Å². The van der Waals surface area contributed by atoms with E-state index in [9.17, 15) is 13.0 Å². The van der Waals surface area contributed by atoms with E-state index >= 15 is 0 Å². The zero-order valence-corrected chi connectivity index (χ0v) is 11.3. The Bertz CT molecular complexity index is 604. The molecule has 1 aromatic carbocycles. The van der Waals surface area contributed by atoms with Gasteiger partial charge in [0, 0.05) is 0 Å². The minimum absolute atomic E-state index is 0.808. The first-order valence-corrected chi connectivity index (χ1v) is 6.82. The summed E-state index contributed by atoms with van der Waals surface area (Å²) in [6.45, 7) is 4.14. The summed E-state index contributed by atoms with van der Waals surface area (Å²) in [7, 11) is -3.60. The number of nitrogens with zero attached hydrogens (tertiary/aromatic N) is 1. The van der Waals surface area contributed by atoms with Gasteiger partial charge < -0.3 is 4.55 Å². The highest BCUT2D eigenvalue weighted by Crippen LogP contribution is 2.23. The van der Waals surface area contributed by atoms with Gasteiger partial charge in [-0.05, 0) is 25.5 Å². The molecule has 2 rings (SSSR count). The molecule has 94 valence electrons. The fourth-order valence-corrected chi connectivity index (χ4v) is 2.10. The molecular formula is C10H12NO4S2-. The highest BCUT2D eigenvalue weighted by atomic mass is 32.3. The first-order valence-electron chi connectivity index (χ1n) is 4.67. The van der Waals surface area contributed by atoms with Crippen LogP contribution in [0.4, 0.5) is 0 Å². The first kappa shape index (κ1) is 14.0. The fraction of sp³-hybridized carbons (Fsp3) is 0.300. The molecule has 2 aromatic rings. The Balaban J connectivity index is 0.000000209. The normalized spacial score (nSPS) is 11.1. The van der Waals surface area contributed by atoms with Crippen LogP contribution in [0.15, 0.2) is 18.2 Å². The minimum Gasteiger partial charge on any atom is -0.726 e. The van der Waals surface area contributed by atoms with E-state index in [-0.39, 0.29) is 0 Å². The first-order chi connectivity index (χ1) is 7.83. The fourth-order valence-electron chi connectivity index (χ4n) is 1.20. The Kier molecular flexibility index (Phi) is 4.58. The summed E-state index contributed by atoms with van der Waals surface area (Å²) in [5.41, 5.74) is 2.43. The van der Waals surface area contributed by atoms with Crippen LogP contribution in [0.5, 0.6) is 0 Å². The maximum atomic E-state index is 9.22. The predicted octanol–water partition coefficient (Wildman–Crippen LogP) is 2.01. The molecule has 0 bridgehead atoms. The number of rotatable bonds is 1. The van der Waals surface area contributed by atoms with Gasteiger partial charge in [0.15, 0.2) is 0 Å². The van der Waals surface area contributed by atoms with Crippen LogP contribution in [0.25, 0.3) is 10.2 Å². The predicted molar refractivity (Wildman–Crippen MR) is 65.8 cm³/mol. The van der Waals surface area contributed by atoms with E-state index in [1.165, 1.54) is 10.3 Å². The average molecular weight is 274 g/mol. The van der Waals surface area contributed by atoms with E-state index in [0.717, 1.165) is 17.6 Å². The number of hydrogen-bond donors (Lipinski definition) is 0. The molecule has 0 saturated heterocycles. The Labute approximate surface area is 104 Å². The maximum Gasteiger partial charge on any atom is 0.217 e. The van der Waals surface area contributed by atoms with E-state index in [0.29, 0.717) is 0 Å². The molecule has 0 saturated carbocycles. The van der Waals surface area contributed by atoms with E-state index in [1.54, 1.807) is 11.3 Å². The van der Waals surface area contributed by atoms with E-state index in [2.05, 4.69) is 34.3 Å². The molecule has 7 heteroatoms. The van der Waals surface area contributed by atoms with Crippen molar-refractivity contribution in [1.29, 1.82) is 0 Å². The molecule has 17 heavy (non-hydrogen) atoms. The second-order valence-corrected chi connectivity index (χ2v) is 5.61. The summed E-state index contributed by atoms with van der Waals surface area (Å²) >= 11 is 1.76. The SMILES string of the molecule is COS(=O)(=O)[O-].Cc1nc2c(C)cccc2s1. The van der Waals surface area contributed by atoms with Gasteiger partial charge in [0.05, 0.1) is 22.3 Å². The van der Waals surface area contributed by atoms with Crippen molar-refractivity contribution >= 4 is 32.0 Å². The van der Waals surface area contributed by atoms with Gasteiger partial charge in [0.25, 0.3) is 0 Å². The Morgan fingerprint density at radius 1 is 1.35 bits per heavy atom. The molecule has 0 spiro atoms. The van der Waals surface area contributed by atoms with Crippen LogP contribution < -0.4 is 0 Å². The maximum absolute atomic E-state index is 9.22. The zero-order chi connectivity index (χ0) is 13.1. The molecule has 0 fully saturated rings. The van der Waals surface area contributed by atoms with Crippen molar-refractivity contribution in [3.8, 4) is 0 Å². The van der Waals surface area contributed by atoms with Gasteiger partial charge >= 0.3 is 0 Å². The lowest BCUT2D eigenvalue weighted by Crippen LogP contribution is -1.97. The Morgan fingerprint density at radius 2 is 1.94 bits per heavy atom. The number of aromatic nitrogens is 1. The topological polar surface area (TPSA) is 79.3 Å². The number of benzene rings is 1. The summed E-state index contributed by atoms with van der Waals surface area (Å²) in [4.78, 5) is 4.43. The van der Waals surface area contributed by atoms with Gasteiger partial charge in [-0.3, -0.25) is 4.18 Å². The van der Waals surface area contributed by atoms with E-state index < -0.39 is 10.4 Å². The lowest BCUT2D eigenvalue weighted by atomic mass is 10.2. The number of thiazole rings is 1. The van der Waals surface area contributed by atoms with E-state index in [1.807, 2.05) is 6.92 Å². The van der Waals surface area contributed by atoms with Crippen LogP contribution in [-0.2, 0) is 14.6 Å². The smallest absolute Gasteiger partial charge is 0.217 e. The monoisotopic (exact) mass is 274 g/mol. The van der Waals surface area contributed by atoms with Crippen molar-refractivity contribution in [3.63, 3.8) is 0 Å². The number of fused-ring (bicyclic) bond motifs is 1. The highest BCUT2D eigenvalue weighted by Gasteiger charge is 2.00. The van der Waals surface area contributed by atoms with Crippen molar-refractivity contribution in [1.82, 2.24) is 4.98 Å². The molecule has 0 aliphatic carbocycles. The van der Waals surface area contributed by atoms with Crippen molar-refractivity contribution in [2.75, 3.05) is 7.11 Å². The molecule has 5 nitrogen and oxygen atoms in total. The molecule has 0 unspecified atom stereocenters. The summed E-state index contributed by atoms with van der Waals surface area (Å²) in [5.74, 6) is 0. The molecule has 1 aromatic heterocycles. The molecule has 0 aliphatic rings. The standard InChI is InChI=1S/C9H9NS.CH4O4S/c1-6-4-3-5-8-9(6)10-7(2)11-8;1-5-6(2,3)4/h3-5H,1-2H3;1H3,(H,2,3,4)/p-1. The van der Waals surface area contributed by atoms with Crippen LogP contribution in [0, 0.1) is 13.8 Å². The minimum atomic E-state index is -4.41. The number of para-hydroxylation sites is 1.